The second kappa shape index (κ2) is 7.47. The van der Waals surface area contributed by atoms with Gasteiger partial charge in [-0.25, -0.2) is 21.9 Å². The molecule has 118 valence electrons. The van der Waals surface area contributed by atoms with Gasteiger partial charge in [0.2, 0.25) is 10.0 Å². The highest BCUT2D eigenvalue weighted by Crippen LogP contribution is 2.10. The molecule has 0 bridgehead atoms. The molecule has 2 aromatic rings. The van der Waals surface area contributed by atoms with Gasteiger partial charge in [0.05, 0.1) is 5.75 Å². The number of rotatable bonds is 7. The van der Waals surface area contributed by atoms with Gasteiger partial charge in [-0.3, -0.25) is 0 Å². The van der Waals surface area contributed by atoms with E-state index in [2.05, 4.69) is 4.72 Å². The van der Waals surface area contributed by atoms with Gasteiger partial charge in [-0.05, 0) is 36.6 Å². The van der Waals surface area contributed by atoms with E-state index in [0.29, 0.717) is 12.8 Å². The first-order valence-electron chi connectivity index (χ1n) is 6.91. The summed E-state index contributed by atoms with van der Waals surface area (Å²) in [6.07, 6.45) is 1.23. The standard InChI is InChI=1S/C16H17F2NO2S/c17-15-9-7-13(8-10-15)4-3-11-19-22(20,21)12-14-5-1-2-6-16(14)18/h1-2,5-10,19H,3-4,11-12H2. The Bertz CT molecular complexity index is 715. The van der Waals surface area contributed by atoms with Crippen LogP contribution in [-0.4, -0.2) is 15.0 Å². The second-order valence-electron chi connectivity index (χ2n) is 4.97. The summed E-state index contributed by atoms with van der Waals surface area (Å²) in [6, 6.07) is 11.9. The van der Waals surface area contributed by atoms with E-state index in [1.807, 2.05) is 0 Å². The maximum atomic E-state index is 13.4. The first-order valence-corrected chi connectivity index (χ1v) is 8.57. The first-order chi connectivity index (χ1) is 10.5. The lowest BCUT2D eigenvalue weighted by molar-refractivity contribution is 0.572. The number of hydrogen-bond donors (Lipinski definition) is 1. The molecule has 3 nitrogen and oxygen atoms in total. The lowest BCUT2D eigenvalue weighted by Crippen LogP contribution is -2.26. The minimum Gasteiger partial charge on any atom is -0.215 e. The lowest BCUT2D eigenvalue weighted by Gasteiger charge is -2.07. The zero-order chi connectivity index (χ0) is 16.0. The van der Waals surface area contributed by atoms with Crippen LogP contribution in [0.5, 0.6) is 0 Å². The molecule has 0 aliphatic rings. The van der Waals surface area contributed by atoms with Crippen LogP contribution in [0.4, 0.5) is 8.78 Å². The van der Waals surface area contributed by atoms with Gasteiger partial charge in [0.1, 0.15) is 11.6 Å². The fourth-order valence-corrected chi connectivity index (χ4v) is 3.24. The summed E-state index contributed by atoms with van der Waals surface area (Å²) in [7, 11) is -3.57. The van der Waals surface area contributed by atoms with Crippen LogP contribution in [0.15, 0.2) is 48.5 Å². The molecule has 0 saturated heterocycles. The number of aryl methyl sites for hydroxylation is 1. The number of benzene rings is 2. The summed E-state index contributed by atoms with van der Waals surface area (Å²) in [5, 5.41) is 0. The molecule has 0 spiro atoms. The lowest BCUT2D eigenvalue weighted by atomic mass is 10.1. The molecule has 6 heteroatoms. The van der Waals surface area contributed by atoms with Crippen molar-refractivity contribution in [3.05, 3.63) is 71.3 Å². The van der Waals surface area contributed by atoms with E-state index in [0.717, 1.165) is 5.56 Å². The van der Waals surface area contributed by atoms with Crippen LogP contribution in [-0.2, 0) is 22.2 Å². The largest absolute Gasteiger partial charge is 0.215 e. The topological polar surface area (TPSA) is 46.2 Å². The van der Waals surface area contributed by atoms with Gasteiger partial charge >= 0.3 is 0 Å². The van der Waals surface area contributed by atoms with Crippen LogP contribution < -0.4 is 4.72 Å². The van der Waals surface area contributed by atoms with E-state index in [4.69, 9.17) is 0 Å². The van der Waals surface area contributed by atoms with E-state index in [-0.39, 0.29) is 23.7 Å². The molecule has 2 rings (SSSR count). The predicted octanol–water partition coefficient (Wildman–Crippen LogP) is 3.02. The Balaban J connectivity index is 1.80. The van der Waals surface area contributed by atoms with Gasteiger partial charge in [0.15, 0.2) is 0 Å². The van der Waals surface area contributed by atoms with Gasteiger partial charge in [-0.2, -0.15) is 0 Å². The average molecular weight is 325 g/mol. The van der Waals surface area contributed by atoms with Crippen molar-refractivity contribution in [3.8, 4) is 0 Å². The van der Waals surface area contributed by atoms with Crippen molar-refractivity contribution < 1.29 is 17.2 Å². The average Bonchev–Trinajstić information content (AvgIpc) is 2.48. The SMILES string of the molecule is O=S(=O)(Cc1ccccc1F)NCCCc1ccc(F)cc1. The molecule has 0 heterocycles. The molecule has 0 aliphatic carbocycles. The minimum absolute atomic E-state index is 0.147. The van der Waals surface area contributed by atoms with Gasteiger partial charge < -0.3 is 0 Å². The summed E-state index contributed by atoms with van der Waals surface area (Å²) in [5.74, 6) is -1.20. The normalized spacial score (nSPS) is 11.5. The van der Waals surface area contributed by atoms with Crippen LogP contribution in [0.3, 0.4) is 0 Å². The van der Waals surface area contributed by atoms with Gasteiger partial charge in [0.25, 0.3) is 0 Å². The quantitative estimate of drug-likeness (QED) is 0.796. The number of hydrogen-bond acceptors (Lipinski definition) is 2. The second-order valence-corrected chi connectivity index (χ2v) is 6.78. The summed E-state index contributed by atoms with van der Waals surface area (Å²) in [6.45, 7) is 0.258. The van der Waals surface area contributed by atoms with E-state index >= 15 is 0 Å². The molecule has 0 radical (unpaired) electrons. The summed E-state index contributed by atoms with van der Waals surface area (Å²) in [4.78, 5) is 0. The van der Waals surface area contributed by atoms with Crippen molar-refractivity contribution in [2.75, 3.05) is 6.54 Å². The molecule has 0 unspecified atom stereocenters. The summed E-state index contributed by atoms with van der Waals surface area (Å²) in [5.41, 5.74) is 1.09. The minimum atomic E-state index is -3.57. The molecule has 0 amide bonds. The van der Waals surface area contributed by atoms with Crippen LogP contribution in [0.2, 0.25) is 0 Å². The molecule has 1 N–H and O–H groups in total. The Kier molecular flexibility index (Phi) is 5.63. The van der Waals surface area contributed by atoms with Crippen molar-refractivity contribution in [3.63, 3.8) is 0 Å². The fourth-order valence-electron chi connectivity index (χ4n) is 2.04. The summed E-state index contributed by atoms with van der Waals surface area (Å²) >= 11 is 0. The number of halogens is 2. The third kappa shape index (κ3) is 5.20. The monoisotopic (exact) mass is 325 g/mol. The highest BCUT2D eigenvalue weighted by molar-refractivity contribution is 7.88. The predicted molar refractivity (Wildman–Crippen MR) is 81.7 cm³/mol. The van der Waals surface area contributed by atoms with Crippen LogP contribution in [0, 0.1) is 11.6 Å². The zero-order valence-electron chi connectivity index (χ0n) is 11.9. The molecular weight excluding hydrogens is 308 g/mol. The van der Waals surface area contributed by atoms with Crippen molar-refractivity contribution in [1.29, 1.82) is 0 Å². The first kappa shape index (κ1) is 16.6. The third-order valence-corrected chi connectivity index (χ3v) is 4.52. The van der Waals surface area contributed by atoms with Gasteiger partial charge in [-0.15, -0.1) is 0 Å². The number of nitrogens with one attached hydrogen (secondary N) is 1. The van der Waals surface area contributed by atoms with Crippen molar-refractivity contribution in [2.45, 2.75) is 18.6 Å². The van der Waals surface area contributed by atoms with Gasteiger partial charge in [-0.1, -0.05) is 30.3 Å². The molecule has 2 aromatic carbocycles. The molecule has 0 fully saturated rings. The maximum Gasteiger partial charge on any atom is 0.215 e. The Labute approximate surface area is 129 Å². The molecule has 0 atom stereocenters. The van der Waals surface area contributed by atoms with Crippen LogP contribution in [0.1, 0.15) is 17.5 Å². The van der Waals surface area contributed by atoms with E-state index in [1.54, 1.807) is 18.2 Å². The molecular formula is C16H17F2NO2S. The highest BCUT2D eigenvalue weighted by Gasteiger charge is 2.13. The van der Waals surface area contributed by atoms with E-state index < -0.39 is 15.8 Å². The molecule has 0 saturated carbocycles. The van der Waals surface area contributed by atoms with Crippen molar-refractivity contribution >= 4 is 10.0 Å². The zero-order valence-corrected chi connectivity index (χ0v) is 12.7. The molecule has 0 aromatic heterocycles. The van der Waals surface area contributed by atoms with Crippen LogP contribution in [0.25, 0.3) is 0 Å². The highest BCUT2D eigenvalue weighted by atomic mass is 32.2. The maximum absolute atomic E-state index is 13.4. The third-order valence-electron chi connectivity index (χ3n) is 3.18. The Hall–Kier alpha value is -1.79. The molecule has 0 aliphatic heterocycles. The number of sulfonamides is 1. The Morgan fingerprint density at radius 2 is 1.64 bits per heavy atom. The van der Waals surface area contributed by atoms with Crippen LogP contribution >= 0.6 is 0 Å². The fraction of sp³-hybridized carbons (Fsp3) is 0.250. The summed E-state index contributed by atoms with van der Waals surface area (Å²) < 4.78 is 52.4. The Morgan fingerprint density at radius 3 is 2.32 bits per heavy atom. The van der Waals surface area contributed by atoms with Crippen molar-refractivity contribution in [1.82, 2.24) is 4.72 Å². The van der Waals surface area contributed by atoms with E-state index in [9.17, 15) is 17.2 Å². The van der Waals surface area contributed by atoms with Crippen molar-refractivity contribution in [2.24, 2.45) is 0 Å². The van der Waals surface area contributed by atoms with Gasteiger partial charge in [0, 0.05) is 12.1 Å². The molecule has 22 heavy (non-hydrogen) atoms. The smallest absolute Gasteiger partial charge is 0.215 e. The van der Waals surface area contributed by atoms with E-state index in [1.165, 1.54) is 30.3 Å². The Morgan fingerprint density at radius 1 is 0.955 bits per heavy atom.